The van der Waals surface area contributed by atoms with Crippen LogP contribution in [0.15, 0.2) is 0 Å². The van der Waals surface area contributed by atoms with Crippen LogP contribution in [0.4, 0.5) is 4.79 Å². The van der Waals surface area contributed by atoms with Gasteiger partial charge >= 0.3 is 6.09 Å². The molecule has 0 aromatic heterocycles. The Labute approximate surface area is 107 Å². The molecule has 2 heterocycles. The van der Waals surface area contributed by atoms with Gasteiger partial charge in [0.25, 0.3) is 0 Å². The standard InChI is InChI=1S/C12H22N2O4/c1-12(2,3)18-11(16)14-8(4-15)10(13)7-5-17-6-9(7)14/h7-10,15H,4-6,13H2,1-3H3/t7-,8-,9+,10+/m0/s1. The first-order valence-corrected chi connectivity index (χ1v) is 6.30. The number of ether oxygens (including phenoxy) is 2. The lowest BCUT2D eigenvalue weighted by atomic mass is 9.98. The molecule has 104 valence electrons. The molecule has 0 bridgehead atoms. The van der Waals surface area contributed by atoms with Crippen LogP contribution in [0.5, 0.6) is 0 Å². The van der Waals surface area contributed by atoms with E-state index in [0.717, 1.165) is 0 Å². The Bertz CT molecular complexity index is 327. The van der Waals surface area contributed by atoms with Crippen LogP contribution >= 0.6 is 0 Å². The van der Waals surface area contributed by atoms with Gasteiger partial charge in [-0.05, 0) is 20.8 Å². The van der Waals surface area contributed by atoms with Crippen LogP contribution in [0.2, 0.25) is 0 Å². The van der Waals surface area contributed by atoms with E-state index in [0.29, 0.717) is 13.2 Å². The molecule has 1 amide bonds. The van der Waals surface area contributed by atoms with Gasteiger partial charge in [-0.15, -0.1) is 0 Å². The van der Waals surface area contributed by atoms with Crippen LogP contribution in [-0.2, 0) is 9.47 Å². The van der Waals surface area contributed by atoms with Gasteiger partial charge in [-0.3, -0.25) is 4.90 Å². The highest BCUT2D eigenvalue weighted by atomic mass is 16.6. The van der Waals surface area contributed by atoms with Gasteiger partial charge in [-0.25, -0.2) is 4.79 Å². The van der Waals surface area contributed by atoms with Gasteiger partial charge in [0.2, 0.25) is 0 Å². The third kappa shape index (κ3) is 2.32. The number of carbonyl (C=O) groups is 1. The van der Waals surface area contributed by atoms with E-state index in [2.05, 4.69) is 0 Å². The highest BCUT2D eigenvalue weighted by Crippen LogP contribution is 2.34. The Kier molecular flexibility index (Phi) is 3.53. The van der Waals surface area contributed by atoms with Gasteiger partial charge in [-0.2, -0.15) is 0 Å². The number of nitrogens with zero attached hydrogens (tertiary/aromatic N) is 1. The second-order valence-electron chi connectivity index (χ2n) is 5.98. The average molecular weight is 258 g/mol. The first-order valence-electron chi connectivity index (χ1n) is 6.30. The van der Waals surface area contributed by atoms with Crippen molar-refractivity contribution in [2.45, 2.75) is 44.5 Å². The first-order chi connectivity index (χ1) is 8.35. The lowest BCUT2D eigenvalue weighted by Crippen LogP contribution is -2.49. The number of hydrogen-bond donors (Lipinski definition) is 2. The third-order valence-electron chi connectivity index (χ3n) is 3.54. The van der Waals surface area contributed by atoms with Crippen molar-refractivity contribution in [1.82, 2.24) is 4.90 Å². The van der Waals surface area contributed by atoms with Crippen LogP contribution in [0.3, 0.4) is 0 Å². The number of hydrogen-bond acceptors (Lipinski definition) is 5. The average Bonchev–Trinajstić information content (AvgIpc) is 2.77. The summed E-state index contributed by atoms with van der Waals surface area (Å²) in [6.07, 6.45) is -0.421. The number of rotatable bonds is 1. The summed E-state index contributed by atoms with van der Waals surface area (Å²) in [5.74, 6) is 0.0923. The molecule has 0 aromatic rings. The van der Waals surface area contributed by atoms with E-state index < -0.39 is 11.7 Å². The SMILES string of the molecule is CC(C)(C)OC(=O)N1[C@@H]2COC[C@@H]2[C@@H](N)[C@@H]1CO. The fraction of sp³-hybridized carbons (Fsp3) is 0.917. The molecular weight excluding hydrogens is 236 g/mol. The first kappa shape index (κ1) is 13.6. The summed E-state index contributed by atoms with van der Waals surface area (Å²) < 4.78 is 10.7. The minimum atomic E-state index is -0.557. The Balaban J connectivity index is 2.16. The van der Waals surface area contributed by atoms with Crippen molar-refractivity contribution in [1.29, 1.82) is 0 Å². The fourth-order valence-electron chi connectivity index (χ4n) is 2.73. The lowest BCUT2D eigenvalue weighted by Gasteiger charge is -2.31. The quantitative estimate of drug-likeness (QED) is 0.688. The van der Waals surface area contributed by atoms with Crippen LogP contribution in [0.25, 0.3) is 0 Å². The van der Waals surface area contributed by atoms with Crippen molar-refractivity contribution in [2.75, 3.05) is 19.8 Å². The molecule has 6 heteroatoms. The smallest absolute Gasteiger partial charge is 0.411 e. The zero-order chi connectivity index (χ0) is 13.5. The minimum absolute atomic E-state index is 0.0769. The zero-order valence-corrected chi connectivity index (χ0v) is 11.1. The highest BCUT2D eigenvalue weighted by Gasteiger charge is 2.52. The van der Waals surface area contributed by atoms with E-state index in [9.17, 15) is 9.90 Å². The van der Waals surface area contributed by atoms with E-state index in [4.69, 9.17) is 15.2 Å². The fourth-order valence-corrected chi connectivity index (χ4v) is 2.73. The molecule has 0 saturated carbocycles. The predicted molar refractivity (Wildman–Crippen MR) is 65.0 cm³/mol. The molecule has 0 radical (unpaired) electrons. The lowest BCUT2D eigenvalue weighted by molar-refractivity contribution is 0.00348. The van der Waals surface area contributed by atoms with Gasteiger partial charge in [0, 0.05) is 12.0 Å². The van der Waals surface area contributed by atoms with Crippen LogP contribution < -0.4 is 5.73 Å². The molecule has 3 N–H and O–H groups in total. The predicted octanol–water partition coefficient (Wildman–Crippen LogP) is -0.0597. The molecule has 2 saturated heterocycles. The number of aliphatic hydroxyl groups excluding tert-OH is 1. The largest absolute Gasteiger partial charge is 0.444 e. The summed E-state index contributed by atoms with van der Waals surface area (Å²) in [6.45, 7) is 6.32. The third-order valence-corrected chi connectivity index (χ3v) is 3.54. The van der Waals surface area contributed by atoms with Crippen LogP contribution in [-0.4, -0.2) is 59.6 Å². The van der Waals surface area contributed by atoms with Gasteiger partial charge in [0.1, 0.15) is 5.60 Å². The van der Waals surface area contributed by atoms with Crippen LogP contribution in [0.1, 0.15) is 20.8 Å². The van der Waals surface area contributed by atoms with Crippen molar-refractivity contribution >= 4 is 6.09 Å². The number of nitrogens with two attached hydrogens (primary N) is 1. The zero-order valence-electron chi connectivity index (χ0n) is 11.1. The Morgan fingerprint density at radius 1 is 1.50 bits per heavy atom. The highest BCUT2D eigenvalue weighted by molar-refractivity contribution is 5.70. The summed E-state index contributed by atoms with van der Waals surface area (Å²) in [5.41, 5.74) is 5.52. The van der Waals surface area contributed by atoms with E-state index in [1.54, 1.807) is 4.90 Å². The van der Waals surface area contributed by atoms with Crippen LogP contribution in [0, 0.1) is 5.92 Å². The molecule has 4 atom stereocenters. The second kappa shape index (κ2) is 4.68. The molecule has 0 aliphatic carbocycles. The summed E-state index contributed by atoms with van der Waals surface area (Å²) >= 11 is 0. The Morgan fingerprint density at radius 3 is 2.72 bits per heavy atom. The Morgan fingerprint density at radius 2 is 2.17 bits per heavy atom. The number of aliphatic hydroxyl groups is 1. The molecule has 6 nitrogen and oxygen atoms in total. The molecule has 2 aliphatic heterocycles. The van der Waals surface area contributed by atoms with E-state index in [1.165, 1.54) is 0 Å². The van der Waals surface area contributed by atoms with Crippen molar-refractivity contribution in [2.24, 2.45) is 11.7 Å². The van der Waals surface area contributed by atoms with Gasteiger partial charge in [-0.1, -0.05) is 0 Å². The molecule has 2 rings (SSSR count). The summed E-state index contributed by atoms with van der Waals surface area (Å²) in [5, 5.41) is 9.44. The summed E-state index contributed by atoms with van der Waals surface area (Å²) in [4.78, 5) is 13.8. The summed E-state index contributed by atoms with van der Waals surface area (Å²) in [7, 11) is 0. The van der Waals surface area contributed by atoms with Crippen molar-refractivity contribution in [3.63, 3.8) is 0 Å². The topological polar surface area (TPSA) is 85.0 Å². The summed E-state index contributed by atoms with van der Waals surface area (Å²) in [6, 6.07) is -0.708. The molecule has 0 unspecified atom stereocenters. The minimum Gasteiger partial charge on any atom is -0.444 e. The number of carbonyl (C=O) groups excluding carboxylic acids is 1. The maximum atomic E-state index is 12.2. The van der Waals surface area contributed by atoms with Gasteiger partial charge in [0.05, 0.1) is 31.9 Å². The molecule has 0 spiro atoms. The maximum Gasteiger partial charge on any atom is 0.411 e. The second-order valence-corrected chi connectivity index (χ2v) is 5.98. The van der Waals surface area contributed by atoms with Crippen molar-refractivity contribution < 1.29 is 19.4 Å². The Hall–Kier alpha value is -0.850. The van der Waals surface area contributed by atoms with Crippen molar-refractivity contribution in [3.05, 3.63) is 0 Å². The number of amides is 1. The van der Waals surface area contributed by atoms with E-state index >= 15 is 0 Å². The van der Waals surface area contributed by atoms with Gasteiger partial charge in [0.15, 0.2) is 0 Å². The van der Waals surface area contributed by atoms with Crippen molar-refractivity contribution in [3.8, 4) is 0 Å². The van der Waals surface area contributed by atoms with E-state index in [1.807, 2.05) is 20.8 Å². The monoisotopic (exact) mass is 258 g/mol. The molecule has 18 heavy (non-hydrogen) atoms. The number of likely N-dealkylation sites (tertiary alicyclic amines) is 1. The normalized spacial score (nSPS) is 35.7. The molecule has 0 aromatic carbocycles. The van der Waals surface area contributed by atoms with E-state index in [-0.39, 0.29) is 30.7 Å². The molecule has 2 fully saturated rings. The maximum absolute atomic E-state index is 12.2. The molecular formula is C12H22N2O4. The molecule has 2 aliphatic rings. The van der Waals surface area contributed by atoms with Gasteiger partial charge < -0.3 is 20.3 Å². The number of fused-ring (bicyclic) bond motifs is 1.